The zero-order valence-corrected chi connectivity index (χ0v) is 16.6. The Morgan fingerprint density at radius 3 is 2.19 bits per heavy atom. The number of carbonyl (C=O) groups is 1. The highest BCUT2D eigenvalue weighted by Gasteiger charge is 2.26. The maximum Gasteiger partial charge on any atom is 0.241 e. The molecule has 27 heavy (non-hydrogen) atoms. The standard InChI is InChI=1S/C21H29N5O/c1-16(19(27)24-18-8-6-17(7-9-18)21(2,3)4)25-12-14-26(15-13-25)20-22-10-5-11-23-20/h5-11,16H,12-15H2,1-4H3,(H,24,27). The third kappa shape index (κ3) is 4.83. The summed E-state index contributed by atoms with van der Waals surface area (Å²) >= 11 is 0. The third-order valence-corrected chi connectivity index (χ3v) is 5.09. The Balaban J connectivity index is 1.54. The minimum absolute atomic E-state index is 0.0305. The largest absolute Gasteiger partial charge is 0.338 e. The van der Waals surface area contributed by atoms with E-state index in [2.05, 4.69) is 58.0 Å². The van der Waals surface area contributed by atoms with E-state index < -0.39 is 0 Å². The fourth-order valence-electron chi connectivity index (χ4n) is 3.23. The average molecular weight is 367 g/mol. The van der Waals surface area contributed by atoms with E-state index in [0.29, 0.717) is 0 Å². The monoisotopic (exact) mass is 367 g/mol. The Bertz CT molecular complexity index is 746. The van der Waals surface area contributed by atoms with Crippen molar-refractivity contribution in [1.82, 2.24) is 14.9 Å². The highest BCUT2D eigenvalue weighted by atomic mass is 16.2. The molecular weight excluding hydrogens is 338 g/mol. The molecule has 2 heterocycles. The van der Waals surface area contributed by atoms with Gasteiger partial charge >= 0.3 is 0 Å². The zero-order valence-electron chi connectivity index (χ0n) is 16.6. The summed E-state index contributed by atoms with van der Waals surface area (Å²) in [6, 6.07) is 9.77. The summed E-state index contributed by atoms with van der Waals surface area (Å²) in [6.07, 6.45) is 3.52. The molecule has 1 N–H and O–H groups in total. The van der Waals surface area contributed by atoms with Crippen molar-refractivity contribution in [3.8, 4) is 0 Å². The molecule has 3 rings (SSSR count). The summed E-state index contributed by atoms with van der Waals surface area (Å²) < 4.78 is 0. The summed E-state index contributed by atoms with van der Waals surface area (Å²) in [7, 11) is 0. The van der Waals surface area contributed by atoms with Crippen LogP contribution in [-0.4, -0.2) is 53.0 Å². The van der Waals surface area contributed by atoms with Crippen LogP contribution in [0.4, 0.5) is 11.6 Å². The van der Waals surface area contributed by atoms with E-state index in [9.17, 15) is 4.79 Å². The van der Waals surface area contributed by atoms with Gasteiger partial charge in [-0.3, -0.25) is 9.69 Å². The Morgan fingerprint density at radius 2 is 1.63 bits per heavy atom. The Kier molecular flexibility index (Phi) is 5.75. The van der Waals surface area contributed by atoms with Crippen LogP contribution in [0, 0.1) is 0 Å². The Labute approximate surface area is 161 Å². The second-order valence-electron chi connectivity index (χ2n) is 8.06. The van der Waals surface area contributed by atoms with Crippen molar-refractivity contribution in [3.63, 3.8) is 0 Å². The molecule has 0 radical (unpaired) electrons. The van der Waals surface area contributed by atoms with Crippen molar-refractivity contribution >= 4 is 17.5 Å². The lowest BCUT2D eigenvalue weighted by Crippen LogP contribution is -2.53. The van der Waals surface area contributed by atoms with Gasteiger partial charge in [0.05, 0.1) is 6.04 Å². The number of carbonyl (C=O) groups excluding carboxylic acids is 1. The van der Waals surface area contributed by atoms with Gasteiger partial charge in [0.15, 0.2) is 0 Å². The van der Waals surface area contributed by atoms with Crippen LogP contribution < -0.4 is 10.2 Å². The maximum absolute atomic E-state index is 12.7. The second kappa shape index (κ2) is 8.05. The molecule has 1 unspecified atom stereocenters. The molecule has 6 heteroatoms. The number of nitrogens with zero attached hydrogens (tertiary/aromatic N) is 4. The van der Waals surface area contributed by atoms with Crippen molar-refractivity contribution < 1.29 is 4.79 Å². The van der Waals surface area contributed by atoms with Crippen LogP contribution in [0.2, 0.25) is 0 Å². The van der Waals surface area contributed by atoms with Crippen molar-refractivity contribution in [3.05, 3.63) is 48.3 Å². The molecule has 0 saturated carbocycles. The van der Waals surface area contributed by atoms with Crippen LogP contribution in [-0.2, 0) is 10.2 Å². The Morgan fingerprint density at radius 1 is 1.04 bits per heavy atom. The van der Waals surface area contributed by atoms with Crippen LogP contribution in [0.15, 0.2) is 42.7 Å². The van der Waals surface area contributed by atoms with Crippen molar-refractivity contribution in [2.45, 2.75) is 39.2 Å². The number of aromatic nitrogens is 2. The summed E-state index contributed by atoms with van der Waals surface area (Å²) in [5.41, 5.74) is 2.21. The fourth-order valence-corrected chi connectivity index (χ4v) is 3.23. The van der Waals surface area contributed by atoms with Gasteiger partial charge in [0.1, 0.15) is 0 Å². The van der Waals surface area contributed by atoms with Gasteiger partial charge in [-0.25, -0.2) is 9.97 Å². The lowest BCUT2D eigenvalue weighted by Gasteiger charge is -2.37. The smallest absolute Gasteiger partial charge is 0.241 e. The van der Waals surface area contributed by atoms with Crippen molar-refractivity contribution in [2.75, 3.05) is 36.4 Å². The molecule has 1 aliphatic rings. The molecule has 2 aromatic rings. The predicted octanol–water partition coefficient (Wildman–Crippen LogP) is 2.92. The lowest BCUT2D eigenvalue weighted by atomic mass is 9.87. The molecule has 1 aliphatic heterocycles. The number of rotatable bonds is 4. The van der Waals surface area contributed by atoms with Gasteiger partial charge in [-0.1, -0.05) is 32.9 Å². The number of hydrogen-bond acceptors (Lipinski definition) is 5. The summed E-state index contributed by atoms with van der Waals surface area (Å²) in [4.78, 5) is 25.6. The number of nitrogens with one attached hydrogen (secondary N) is 1. The first kappa shape index (κ1) is 19.3. The molecule has 1 saturated heterocycles. The van der Waals surface area contributed by atoms with Gasteiger partial charge in [0.2, 0.25) is 11.9 Å². The van der Waals surface area contributed by atoms with E-state index in [1.54, 1.807) is 12.4 Å². The number of hydrogen-bond donors (Lipinski definition) is 1. The lowest BCUT2D eigenvalue weighted by molar-refractivity contribution is -0.120. The molecule has 1 aromatic heterocycles. The molecule has 144 valence electrons. The summed E-state index contributed by atoms with van der Waals surface area (Å²) in [5, 5.41) is 3.04. The van der Waals surface area contributed by atoms with Crippen molar-refractivity contribution in [1.29, 1.82) is 0 Å². The molecule has 6 nitrogen and oxygen atoms in total. The highest BCUT2D eigenvalue weighted by molar-refractivity contribution is 5.94. The molecule has 0 bridgehead atoms. The third-order valence-electron chi connectivity index (χ3n) is 5.09. The van der Waals surface area contributed by atoms with Crippen molar-refractivity contribution in [2.24, 2.45) is 0 Å². The highest BCUT2D eigenvalue weighted by Crippen LogP contribution is 2.23. The molecule has 1 aromatic carbocycles. The van der Waals surface area contributed by atoms with E-state index >= 15 is 0 Å². The SMILES string of the molecule is CC(C(=O)Nc1ccc(C(C)(C)C)cc1)N1CCN(c2ncccn2)CC1. The van der Waals surface area contributed by atoms with Gasteiger partial charge < -0.3 is 10.2 Å². The van der Waals surface area contributed by atoms with Crippen LogP contribution in [0.5, 0.6) is 0 Å². The fraction of sp³-hybridized carbons (Fsp3) is 0.476. The maximum atomic E-state index is 12.7. The molecule has 0 aliphatic carbocycles. The van der Waals surface area contributed by atoms with Gasteiger partial charge in [0.25, 0.3) is 0 Å². The van der Waals surface area contributed by atoms with Gasteiger partial charge in [-0.15, -0.1) is 0 Å². The Hall–Kier alpha value is -2.47. The van der Waals surface area contributed by atoms with Crippen LogP contribution in [0.1, 0.15) is 33.3 Å². The first-order valence-electron chi connectivity index (χ1n) is 9.52. The van der Waals surface area contributed by atoms with Gasteiger partial charge in [-0.05, 0) is 36.1 Å². The average Bonchev–Trinajstić information content (AvgIpc) is 2.68. The van der Waals surface area contributed by atoms with E-state index in [4.69, 9.17) is 0 Å². The minimum atomic E-state index is -0.175. The van der Waals surface area contributed by atoms with Gasteiger partial charge in [-0.2, -0.15) is 0 Å². The molecule has 1 amide bonds. The number of piperazine rings is 1. The second-order valence-corrected chi connectivity index (χ2v) is 8.06. The quantitative estimate of drug-likeness (QED) is 0.900. The molecule has 1 fully saturated rings. The van der Waals surface area contributed by atoms with Gasteiger partial charge in [0, 0.05) is 44.3 Å². The summed E-state index contributed by atoms with van der Waals surface area (Å²) in [6.45, 7) is 11.8. The van der Waals surface area contributed by atoms with Crippen LogP contribution in [0.25, 0.3) is 0 Å². The summed E-state index contributed by atoms with van der Waals surface area (Å²) in [5.74, 6) is 0.788. The molecule has 0 spiro atoms. The van der Waals surface area contributed by atoms with E-state index in [1.165, 1.54) is 5.56 Å². The topological polar surface area (TPSA) is 61.4 Å². The normalized spacial score (nSPS) is 16.8. The first-order chi connectivity index (χ1) is 12.8. The zero-order chi connectivity index (χ0) is 19.4. The first-order valence-corrected chi connectivity index (χ1v) is 9.52. The minimum Gasteiger partial charge on any atom is -0.338 e. The van der Waals surface area contributed by atoms with Crippen LogP contribution >= 0.6 is 0 Å². The van der Waals surface area contributed by atoms with Crippen LogP contribution in [0.3, 0.4) is 0 Å². The molecular formula is C21H29N5O. The molecule has 1 atom stereocenters. The van der Waals surface area contributed by atoms with E-state index in [1.807, 2.05) is 25.1 Å². The number of amides is 1. The number of anilines is 2. The van der Waals surface area contributed by atoms with E-state index in [-0.39, 0.29) is 17.4 Å². The number of benzene rings is 1. The predicted molar refractivity (Wildman–Crippen MR) is 109 cm³/mol. The van der Waals surface area contributed by atoms with E-state index in [0.717, 1.165) is 37.8 Å².